The molecule has 8 heterocycles. The molecule has 5 aromatic heterocycles. The Kier molecular flexibility index (Phi) is 55.8. The highest BCUT2D eigenvalue weighted by Crippen LogP contribution is 2.12. The number of tetrazole rings is 2. The minimum Gasteiger partial charge on any atom is -0.448 e. The zero-order chi connectivity index (χ0) is 67.7. The third-order valence-electron chi connectivity index (χ3n) is 9.86. The summed E-state index contributed by atoms with van der Waals surface area (Å²) in [7, 11) is 0. The number of aromatic amines is 3. The number of hydrogen-bond acceptors (Lipinski definition) is 18. The molecule has 0 unspecified atom stereocenters. The molecule has 5 aromatic rings. The number of aryl methyl sites for hydroxylation is 2. The third-order valence-corrected chi connectivity index (χ3v) is 9.86. The van der Waals surface area contributed by atoms with Crippen LogP contribution < -0.4 is 22.8 Å². The van der Waals surface area contributed by atoms with Crippen LogP contribution in [0.15, 0.2) is 41.4 Å². The first-order chi connectivity index (χ1) is 40.1. The Hall–Kier alpha value is -7.36. The van der Waals surface area contributed by atoms with Crippen molar-refractivity contribution in [3.8, 4) is 0 Å². The highest BCUT2D eigenvalue weighted by molar-refractivity contribution is 5.93. The Labute approximate surface area is 507 Å². The standard InChI is InChI=1S/C7H13NO.C6H10N2O2.C6H10N2O.C6H11NO2.C5H10N4.2C5H9N3O.C4H8N4O.6C2H6/c1-6(2)8-5-3-4-7(8)9;1-4(2)8-6(9)10-5(3)7-8;1-5(2)8-6(9)3-4-7-8;1-5(2)7-3-4-9-6(7)8;1-4(2)9-5(3)6-7-8-9;1-4(2)8-3-6-7-5(8)9;1-4(2)8-5(9)6-3-7-8;1-3(2)8-4(9)5-6-7-8;6*1-2/h6H,3-5H2,1-2H3;4H,1-3H3;4-5H,3H2,1-2H3;5H,3-4H2,1-2H3;4H,1-3H3;3-4H,1-2H3,(H,7,9);3-4H,1-2H3,(H,6,7,9);3H,1-2H3,(H,5,7,9);6*1-2H3. The molecule has 29 heteroatoms. The summed E-state index contributed by atoms with van der Waals surface area (Å²) in [6.45, 7) is 61.0. The van der Waals surface area contributed by atoms with Gasteiger partial charge in [-0.05, 0) is 145 Å². The lowest BCUT2D eigenvalue weighted by Crippen LogP contribution is -2.31. The zero-order valence-electron chi connectivity index (χ0n) is 57.9. The van der Waals surface area contributed by atoms with Crippen LogP contribution >= 0.6 is 0 Å². The molecule has 2 saturated heterocycles. The summed E-state index contributed by atoms with van der Waals surface area (Å²) >= 11 is 0. The maximum atomic E-state index is 10.9. The van der Waals surface area contributed by atoms with E-state index in [-0.39, 0.29) is 71.1 Å². The van der Waals surface area contributed by atoms with E-state index in [4.69, 9.17) is 4.74 Å². The van der Waals surface area contributed by atoms with Gasteiger partial charge in [0.15, 0.2) is 0 Å². The van der Waals surface area contributed by atoms with E-state index in [2.05, 4.69) is 79.8 Å². The van der Waals surface area contributed by atoms with E-state index < -0.39 is 0 Å². The average molecular weight is 1210 g/mol. The first kappa shape index (κ1) is 88.9. The fourth-order valence-electron chi connectivity index (χ4n) is 6.10. The van der Waals surface area contributed by atoms with Gasteiger partial charge in [0, 0.05) is 50.3 Å². The van der Waals surface area contributed by atoms with E-state index in [1.54, 1.807) is 22.7 Å². The van der Waals surface area contributed by atoms with Gasteiger partial charge in [-0.15, -0.1) is 10.2 Å². The Balaban J connectivity index is -0.000000204. The molecule has 0 radical (unpaired) electrons. The number of hydrogen-bond donors (Lipinski definition) is 3. The van der Waals surface area contributed by atoms with Gasteiger partial charge in [-0.2, -0.15) is 24.7 Å². The Morgan fingerprint density at radius 3 is 1.24 bits per heavy atom. The second-order valence-corrected chi connectivity index (χ2v) is 18.5. The number of carbonyl (C=O) groups is 3. The number of ether oxygens (including phenoxy) is 1. The zero-order valence-corrected chi connectivity index (χ0v) is 57.9. The molecule has 3 aliphatic heterocycles. The number of nitrogens with zero attached hydrogens (tertiary/aromatic N) is 17. The number of nitrogens with one attached hydrogen (secondary N) is 3. The maximum absolute atomic E-state index is 10.9. The predicted octanol–water partition coefficient (Wildman–Crippen LogP) is 9.77. The largest absolute Gasteiger partial charge is 0.448 e. The van der Waals surface area contributed by atoms with E-state index in [9.17, 15) is 33.6 Å². The Morgan fingerprint density at radius 1 is 0.529 bits per heavy atom. The average Bonchev–Trinajstić information content (AvgIpc) is 4.34. The number of hydrazone groups is 1. The van der Waals surface area contributed by atoms with Gasteiger partial charge in [0.05, 0.1) is 37.1 Å². The minimum absolute atomic E-state index is 0.0740. The van der Waals surface area contributed by atoms with Crippen LogP contribution in [0.1, 0.15) is 255 Å². The molecule has 0 aromatic carbocycles. The van der Waals surface area contributed by atoms with Crippen molar-refractivity contribution in [2.24, 2.45) is 5.10 Å². The third kappa shape index (κ3) is 37.5. The summed E-state index contributed by atoms with van der Waals surface area (Å²) in [6.07, 6.45) is 6.63. The minimum atomic E-state index is -0.382. The molecular weight excluding hydrogens is 1100 g/mol. The van der Waals surface area contributed by atoms with Crippen LogP contribution in [0.5, 0.6) is 0 Å². The van der Waals surface area contributed by atoms with Crippen molar-refractivity contribution in [3.05, 3.63) is 66.4 Å². The molecule has 8 rings (SSSR count). The number of rotatable bonds is 8. The Bertz CT molecular complexity index is 2470. The van der Waals surface area contributed by atoms with Gasteiger partial charge < -0.3 is 19.0 Å². The van der Waals surface area contributed by atoms with Crippen molar-refractivity contribution < 1.29 is 23.5 Å². The molecule has 0 saturated carbocycles. The van der Waals surface area contributed by atoms with Gasteiger partial charge in [0.25, 0.3) is 0 Å². The fourth-order valence-corrected chi connectivity index (χ4v) is 6.10. The van der Waals surface area contributed by atoms with Gasteiger partial charge in [-0.1, -0.05) is 83.1 Å². The lowest BCUT2D eigenvalue weighted by atomic mass is 10.3. The Morgan fingerprint density at radius 2 is 1.05 bits per heavy atom. The van der Waals surface area contributed by atoms with Crippen LogP contribution in [0.3, 0.4) is 0 Å². The molecule has 3 aliphatic rings. The SMILES string of the molecule is CC.CC.CC.CC.CC.CC.CC(C)N1CCCC1=O.CC(C)N1CCOC1=O.CC(C)N1N=CCC1=O.CC(C)n1cn[nH]c1=O.CC(C)n1nc[nH]c1=O.CC(C)n1nn[nH]c1=O.Cc1nn(C(C)C)c(=O)o1.Cc1nnnn1C(C)C. The number of aromatic nitrogens is 16. The van der Waals surface area contributed by atoms with Crippen molar-refractivity contribution in [3.63, 3.8) is 0 Å². The number of likely N-dealkylation sites (tertiary alicyclic amines) is 1. The van der Waals surface area contributed by atoms with Crippen molar-refractivity contribution >= 4 is 24.1 Å². The summed E-state index contributed by atoms with van der Waals surface area (Å²) in [5, 5.41) is 38.9. The molecule has 0 aliphatic carbocycles. The van der Waals surface area contributed by atoms with Crippen molar-refractivity contribution in [2.45, 2.75) is 275 Å². The van der Waals surface area contributed by atoms with Gasteiger partial charge in [-0.25, -0.2) is 48.5 Å². The predicted molar refractivity (Wildman–Crippen MR) is 339 cm³/mol. The number of H-pyrrole nitrogens is 3. The smallest absolute Gasteiger partial charge is 0.437 e. The molecule has 0 atom stereocenters. The molecule has 3 N–H and O–H groups in total. The lowest BCUT2D eigenvalue weighted by molar-refractivity contribution is -0.130. The molecule has 29 nitrogen and oxygen atoms in total. The lowest BCUT2D eigenvalue weighted by Gasteiger charge is -2.19. The van der Waals surface area contributed by atoms with Crippen LogP contribution in [-0.4, -0.2) is 156 Å². The molecule has 0 spiro atoms. The second-order valence-electron chi connectivity index (χ2n) is 18.5. The molecule has 494 valence electrons. The van der Waals surface area contributed by atoms with Crippen LogP contribution in [0.4, 0.5) is 4.79 Å². The van der Waals surface area contributed by atoms with Crippen molar-refractivity contribution in [1.29, 1.82) is 0 Å². The summed E-state index contributed by atoms with van der Waals surface area (Å²) in [5.74, 6) is 1.33. The number of amides is 3. The summed E-state index contributed by atoms with van der Waals surface area (Å²) in [6, 6.07) is 1.73. The molecule has 85 heavy (non-hydrogen) atoms. The first-order valence-electron chi connectivity index (χ1n) is 30.2. The monoisotopic (exact) mass is 1210 g/mol. The number of carbonyl (C=O) groups excluding carboxylic acids is 3. The van der Waals surface area contributed by atoms with E-state index in [0.717, 1.165) is 31.8 Å². The van der Waals surface area contributed by atoms with Crippen LogP contribution in [0, 0.1) is 13.8 Å². The van der Waals surface area contributed by atoms with Crippen LogP contribution in [0.2, 0.25) is 0 Å². The van der Waals surface area contributed by atoms with Crippen LogP contribution in [0.25, 0.3) is 0 Å². The quantitative estimate of drug-likeness (QED) is 0.130. The second kappa shape index (κ2) is 53.4. The summed E-state index contributed by atoms with van der Waals surface area (Å²) in [4.78, 5) is 81.4. The molecule has 3 amide bonds. The van der Waals surface area contributed by atoms with Crippen molar-refractivity contribution in [2.75, 3.05) is 19.7 Å². The van der Waals surface area contributed by atoms with E-state index >= 15 is 0 Å². The highest BCUT2D eigenvalue weighted by atomic mass is 16.6. The summed E-state index contributed by atoms with van der Waals surface area (Å²) in [5.41, 5.74) is -0.556. The summed E-state index contributed by atoms with van der Waals surface area (Å²) < 4.78 is 16.7. The fraction of sp³-hybridized carbons (Fsp3) is 0.786. The normalized spacial score (nSPS) is 12.2. The van der Waals surface area contributed by atoms with E-state index in [1.165, 1.54) is 36.3 Å². The van der Waals surface area contributed by atoms with E-state index in [0.29, 0.717) is 36.9 Å². The first-order valence-corrected chi connectivity index (χ1v) is 30.2. The number of cyclic esters (lactones) is 1. The molecular formula is C56H116N20O9. The van der Waals surface area contributed by atoms with E-state index in [1.807, 2.05) is 192 Å². The molecule has 0 bridgehead atoms. The molecule has 2 fully saturated rings. The van der Waals surface area contributed by atoms with Gasteiger partial charge in [-0.3, -0.25) is 19.1 Å². The maximum Gasteiger partial charge on any atom is 0.437 e. The topological polar surface area (TPSA) is 339 Å². The van der Waals surface area contributed by atoms with Crippen molar-refractivity contribution in [1.82, 2.24) is 94.5 Å². The highest BCUT2D eigenvalue weighted by Gasteiger charge is 2.24. The van der Waals surface area contributed by atoms with Crippen LogP contribution in [-0.2, 0) is 14.3 Å². The van der Waals surface area contributed by atoms with Gasteiger partial charge in [0.2, 0.25) is 17.7 Å². The van der Waals surface area contributed by atoms with Gasteiger partial charge in [0.1, 0.15) is 25.1 Å². The van der Waals surface area contributed by atoms with Gasteiger partial charge >= 0.3 is 28.9 Å².